The summed E-state index contributed by atoms with van der Waals surface area (Å²) >= 11 is 0. The molecular formula is C36H38O19. The molecular weight excluding hydrogens is 736 g/mol. The molecule has 3 heterocycles. The van der Waals surface area contributed by atoms with Crippen LogP contribution in [-0.2, 0) is 18.9 Å². The molecule has 0 unspecified atom stereocenters. The number of ether oxygens (including phenoxy) is 7. The van der Waals surface area contributed by atoms with Crippen LogP contribution >= 0.6 is 0 Å². The van der Waals surface area contributed by atoms with Crippen LogP contribution in [0, 0.1) is 0 Å². The van der Waals surface area contributed by atoms with Gasteiger partial charge in [0.15, 0.2) is 29.7 Å². The quantitative estimate of drug-likeness (QED) is 0.0972. The normalized spacial score (nSPS) is 28.1. The van der Waals surface area contributed by atoms with Gasteiger partial charge >= 0.3 is 5.97 Å². The van der Waals surface area contributed by atoms with E-state index in [0.29, 0.717) is 0 Å². The fourth-order valence-electron chi connectivity index (χ4n) is 6.10. The second kappa shape index (κ2) is 15.8. The number of rotatable bonds is 10. The number of carbonyl (C=O) groups is 1. The highest BCUT2D eigenvalue weighted by molar-refractivity contribution is 5.91. The molecule has 2 aliphatic rings. The summed E-state index contributed by atoms with van der Waals surface area (Å²) in [6.07, 6.45) is -17.1. The summed E-state index contributed by atoms with van der Waals surface area (Å²) in [5.41, 5.74) is -1.27. The SMILES string of the molecule is COc1cc(C(=O)O[C@H]2[C@H](OC[C@H]3O[C@@H](Oc4c(-c5ccc(O)cc5)oc5cc(O)cc(O)c5c4=O)[C@H](O)[C@@H](O)[C@@H]3O)O[C@@H](C)[C@H](O)[C@H]2O)cc(OC)c1O. The van der Waals surface area contributed by atoms with E-state index in [2.05, 4.69) is 0 Å². The molecule has 1 aromatic heterocycles. The number of aliphatic hydroxyl groups excluding tert-OH is 5. The molecule has 10 atom stereocenters. The molecule has 0 saturated carbocycles. The summed E-state index contributed by atoms with van der Waals surface area (Å²) < 4.78 is 44.5. The largest absolute Gasteiger partial charge is 0.508 e. The van der Waals surface area contributed by atoms with Crippen LogP contribution in [0.15, 0.2) is 57.7 Å². The van der Waals surface area contributed by atoms with Gasteiger partial charge in [0.25, 0.3) is 0 Å². The van der Waals surface area contributed by atoms with Crippen LogP contribution < -0.4 is 19.6 Å². The molecule has 2 aliphatic heterocycles. The molecule has 0 bridgehead atoms. The fraction of sp³-hybridized carbons (Fsp3) is 0.389. The van der Waals surface area contributed by atoms with Gasteiger partial charge in [0.2, 0.25) is 23.2 Å². The first-order valence-corrected chi connectivity index (χ1v) is 16.6. The van der Waals surface area contributed by atoms with Crippen LogP contribution in [-0.4, -0.2) is 134 Å². The van der Waals surface area contributed by atoms with Crippen molar-refractivity contribution in [3.63, 3.8) is 0 Å². The molecule has 55 heavy (non-hydrogen) atoms. The van der Waals surface area contributed by atoms with Gasteiger partial charge in [-0.15, -0.1) is 0 Å². The summed E-state index contributed by atoms with van der Waals surface area (Å²) in [6, 6.07) is 9.49. The van der Waals surface area contributed by atoms with E-state index in [4.69, 9.17) is 37.6 Å². The predicted octanol–water partition coefficient (Wildman–Crippen LogP) is 0.195. The lowest BCUT2D eigenvalue weighted by molar-refractivity contribution is -0.318. The van der Waals surface area contributed by atoms with E-state index in [1.165, 1.54) is 45.4 Å². The number of phenolic OH excluding ortho intramolecular Hbond substituents is 4. The number of hydrogen-bond acceptors (Lipinski definition) is 19. The number of esters is 1. The van der Waals surface area contributed by atoms with E-state index in [-0.39, 0.29) is 39.7 Å². The molecule has 4 aromatic rings. The second-order valence-electron chi connectivity index (χ2n) is 12.7. The molecule has 19 nitrogen and oxygen atoms in total. The molecule has 0 aliphatic carbocycles. The van der Waals surface area contributed by atoms with E-state index >= 15 is 0 Å². The summed E-state index contributed by atoms with van der Waals surface area (Å²) in [4.78, 5) is 27.0. The lowest BCUT2D eigenvalue weighted by Crippen LogP contribution is -2.62. The van der Waals surface area contributed by atoms with Crippen LogP contribution in [0.1, 0.15) is 17.3 Å². The van der Waals surface area contributed by atoms with E-state index in [0.717, 1.165) is 24.3 Å². The predicted molar refractivity (Wildman–Crippen MR) is 183 cm³/mol. The number of hydrogen-bond donors (Lipinski definition) is 9. The highest BCUT2D eigenvalue weighted by Gasteiger charge is 2.49. The van der Waals surface area contributed by atoms with Gasteiger partial charge in [-0.2, -0.15) is 0 Å². The minimum atomic E-state index is -2.00. The standard InChI is InChI=1S/C36H38O19/c1-13-24(40)29(45)33(54-34(47)15-8-20(48-2)25(41)21(9-15)49-3)36(51-13)50-12-22-26(42)28(44)30(46)35(53-22)55-32-27(43)23-18(39)10-17(38)11-19(23)52-31(32)14-4-6-16(37)7-5-14/h4-11,13,22,24,26,28-30,33,35-42,44-46H,12H2,1-3H3/t13-,22+,24-,26+,28-,29+,30+,33+,35-,36+/m0/s1. The average molecular weight is 775 g/mol. The molecule has 0 radical (unpaired) electrons. The maximum absolute atomic E-state index is 13.8. The van der Waals surface area contributed by atoms with Gasteiger partial charge in [0.05, 0.1) is 32.5 Å². The van der Waals surface area contributed by atoms with Crippen molar-refractivity contribution in [2.45, 2.75) is 68.3 Å². The molecule has 296 valence electrons. The number of aromatic hydroxyl groups is 4. The number of fused-ring (bicyclic) bond motifs is 1. The summed E-state index contributed by atoms with van der Waals surface area (Å²) in [5.74, 6) is -3.92. The molecule has 3 aromatic carbocycles. The molecule has 0 spiro atoms. The van der Waals surface area contributed by atoms with E-state index < -0.39 is 108 Å². The Labute approximate surface area is 310 Å². The Morgan fingerprint density at radius 1 is 0.764 bits per heavy atom. The second-order valence-corrected chi connectivity index (χ2v) is 12.7. The zero-order valence-electron chi connectivity index (χ0n) is 29.2. The molecule has 19 heteroatoms. The van der Waals surface area contributed by atoms with Crippen molar-refractivity contribution < 1.29 is 88.3 Å². The monoisotopic (exact) mass is 774 g/mol. The van der Waals surface area contributed by atoms with Crippen LogP contribution in [0.3, 0.4) is 0 Å². The van der Waals surface area contributed by atoms with Crippen LogP contribution in [0.5, 0.6) is 40.2 Å². The number of phenols is 4. The number of methoxy groups -OCH3 is 2. The molecule has 6 rings (SSSR count). The smallest absolute Gasteiger partial charge is 0.338 e. The Balaban J connectivity index is 1.26. The molecule has 0 amide bonds. The first kappa shape index (κ1) is 39.3. The maximum atomic E-state index is 13.8. The van der Waals surface area contributed by atoms with Crippen molar-refractivity contribution in [3.8, 4) is 51.6 Å². The summed E-state index contributed by atoms with van der Waals surface area (Å²) in [7, 11) is 2.47. The zero-order chi connectivity index (χ0) is 39.9. The Kier molecular flexibility index (Phi) is 11.3. The van der Waals surface area contributed by atoms with Gasteiger partial charge in [0.1, 0.15) is 64.8 Å². The van der Waals surface area contributed by atoms with E-state index in [1.807, 2.05) is 0 Å². The lowest BCUT2D eigenvalue weighted by atomic mass is 9.98. The van der Waals surface area contributed by atoms with Crippen molar-refractivity contribution in [3.05, 3.63) is 64.3 Å². The lowest BCUT2D eigenvalue weighted by Gasteiger charge is -2.43. The highest BCUT2D eigenvalue weighted by atomic mass is 16.7. The minimum absolute atomic E-state index is 0.133. The van der Waals surface area contributed by atoms with Crippen LogP contribution in [0.25, 0.3) is 22.3 Å². The Morgan fingerprint density at radius 3 is 2.05 bits per heavy atom. The van der Waals surface area contributed by atoms with E-state index in [9.17, 15) is 55.5 Å². The van der Waals surface area contributed by atoms with Gasteiger partial charge in [0, 0.05) is 17.7 Å². The van der Waals surface area contributed by atoms with Crippen LogP contribution in [0.4, 0.5) is 0 Å². The van der Waals surface area contributed by atoms with Crippen molar-refractivity contribution in [1.82, 2.24) is 0 Å². The number of carbonyl (C=O) groups excluding carboxylic acids is 1. The van der Waals surface area contributed by atoms with E-state index in [1.54, 1.807) is 0 Å². The third kappa shape index (κ3) is 7.64. The fourth-order valence-corrected chi connectivity index (χ4v) is 6.10. The molecule has 2 saturated heterocycles. The first-order chi connectivity index (χ1) is 26.1. The molecule has 2 fully saturated rings. The van der Waals surface area contributed by atoms with Gasteiger partial charge < -0.3 is 83.5 Å². The van der Waals surface area contributed by atoms with Crippen molar-refractivity contribution in [2.75, 3.05) is 20.8 Å². The highest BCUT2D eigenvalue weighted by Crippen LogP contribution is 2.39. The van der Waals surface area contributed by atoms with Gasteiger partial charge in [-0.3, -0.25) is 4.79 Å². The summed E-state index contributed by atoms with van der Waals surface area (Å²) in [5, 5.41) is 94.2. The molecule has 9 N–H and O–H groups in total. The third-order valence-corrected chi connectivity index (χ3v) is 9.12. The van der Waals surface area contributed by atoms with Crippen molar-refractivity contribution in [2.24, 2.45) is 0 Å². The van der Waals surface area contributed by atoms with Gasteiger partial charge in [-0.1, -0.05) is 0 Å². The van der Waals surface area contributed by atoms with Gasteiger partial charge in [-0.25, -0.2) is 4.79 Å². The van der Waals surface area contributed by atoms with Crippen LogP contribution in [0.2, 0.25) is 0 Å². The maximum Gasteiger partial charge on any atom is 0.338 e. The average Bonchev–Trinajstić information content (AvgIpc) is 3.15. The Hall–Kier alpha value is -5.38. The Morgan fingerprint density at radius 2 is 1.42 bits per heavy atom. The zero-order valence-corrected chi connectivity index (χ0v) is 29.2. The van der Waals surface area contributed by atoms with Crippen molar-refractivity contribution in [1.29, 1.82) is 0 Å². The minimum Gasteiger partial charge on any atom is -0.508 e. The third-order valence-electron chi connectivity index (χ3n) is 9.12. The number of benzene rings is 3. The number of aliphatic hydroxyl groups is 5. The van der Waals surface area contributed by atoms with Gasteiger partial charge in [-0.05, 0) is 43.3 Å². The Bertz CT molecular complexity index is 2060. The first-order valence-electron chi connectivity index (χ1n) is 16.6. The topological polar surface area (TPSA) is 294 Å². The summed E-state index contributed by atoms with van der Waals surface area (Å²) in [6.45, 7) is 0.699. The van der Waals surface area contributed by atoms with Crippen molar-refractivity contribution >= 4 is 16.9 Å².